The van der Waals surface area contributed by atoms with Gasteiger partial charge in [0.1, 0.15) is 6.10 Å². The number of hydrogen-bond acceptors (Lipinski definition) is 8. The summed E-state index contributed by atoms with van der Waals surface area (Å²) in [5.41, 5.74) is 5.36. The van der Waals surface area contributed by atoms with Crippen LogP contribution in [-0.2, 0) is 27.9 Å². The highest BCUT2D eigenvalue weighted by molar-refractivity contribution is 7.47. The van der Waals surface area contributed by atoms with E-state index in [-0.39, 0.29) is 32.8 Å². The predicted octanol–water partition coefficient (Wildman–Crippen LogP) is 11.4. The molecule has 0 bridgehead atoms. The number of unbranched alkanes of at least 4 members (excludes halogenated alkanes) is 18. The molecular formula is C43H80NO8P. The number of hydrogen-bond donors (Lipinski definition) is 3. The van der Waals surface area contributed by atoms with Gasteiger partial charge in [0.15, 0.2) is 0 Å². The van der Waals surface area contributed by atoms with Gasteiger partial charge in [0, 0.05) is 19.6 Å². The van der Waals surface area contributed by atoms with Gasteiger partial charge in [0.05, 0.1) is 25.9 Å². The van der Waals surface area contributed by atoms with Crippen LogP contribution in [0.4, 0.5) is 0 Å². The number of ether oxygens (including phenoxy) is 2. The van der Waals surface area contributed by atoms with E-state index in [9.17, 15) is 19.4 Å². The van der Waals surface area contributed by atoms with E-state index < -0.39 is 26.0 Å². The van der Waals surface area contributed by atoms with Gasteiger partial charge in [-0.3, -0.25) is 13.8 Å². The number of aliphatic hydroxyl groups is 1. The van der Waals surface area contributed by atoms with E-state index in [2.05, 4.69) is 26.0 Å². The lowest BCUT2D eigenvalue weighted by atomic mass is 10.1. The van der Waals surface area contributed by atoms with Gasteiger partial charge in [-0.2, -0.15) is 0 Å². The molecule has 0 aliphatic heterocycles. The molecular weight excluding hydrogens is 689 g/mol. The topological polar surface area (TPSA) is 138 Å². The fraction of sp³-hybridized carbons (Fsp3) is 0.791. The summed E-state index contributed by atoms with van der Waals surface area (Å²) < 4.78 is 33.3. The van der Waals surface area contributed by atoms with Crippen molar-refractivity contribution in [1.29, 1.82) is 0 Å². The number of carbonyl (C=O) groups excluding carboxylic acids is 1. The lowest BCUT2D eigenvalue weighted by Crippen LogP contribution is -2.28. The van der Waals surface area contributed by atoms with E-state index in [0.717, 1.165) is 51.4 Å². The maximum Gasteiger partial charge on any atom is 0.472 e. The van der Waals surface area contributed by atoms with Crippen molar-refractivity contribution in [3.8, 4) is 0 Å². The third-order valence-electron chi connectivity index (χ3n) is 8.82. The van der Waals surface area contributed by atoms with Crippen LogP contribution in [0.1, 0.15) is 174 Å². The molecule has 3 atom stereocenters. The fourth-order valence-electron chi connectivity index (χ4n) is 5.65. The zero-order valence-electron chi connectivity index (χ0n) is 33.9. The summed E-state index contributed by atoms with van der Waals surface area (Å²) in [5, 5.41) is 10.1. The molecule has 0 heterocycles. The first-order valence-corrected chi connectivity index (χ1v) is 22.7. The zero-order valence-corrected chi connectivity index (χ0v) is 34.7. The number of aliphatic hydroxyl groups excluding tert-OH is 1. The molecule has 0 saturated carbocycles. The third kappa shape index (κ3) is 39.9. The molecule has 0 fully saturated rings. The number of rotatable bonds is 40. The molecule has 0 aliphatic rings. The van der Waals surface area contributed by atoms with Crippen LogP contribution >= 0.6 is 7.82 Å². The fourth-order valence-corrected chi connectivity index (χ4v) is 6.41. The first-order chi connectivity index (χ1) is 25.8. The molecule has 0 spiro atoms. The van der Waals surface area contributed by atoms with Crippen LogP contribution in [0, 0.1) is 0 Å². The second kappa shape index (κ2) is 40.1. The highest BCUT2D eigenvalue weighted by atomic mass is 31.2. The Kier molecular flexibility index (Phi) is 38.9. The van der Waals surface area contributed by atoms with E-state index in [1.807, 2.05) is 36.5 Å². The molecule has 10 heteroatoms. The summed E-state index contributed by atoms with van der Waals surface area (Å²) >= 11 is 0. The van der Waals surface area contributed by atoms with Gasteiger partial charge in [-0.05, 0) is 57.8 Å². The molecule has 4 N–H and O–H groups in total. The number of carbonyl (C=O) groups is 1. The molecule has 0 aliphatic carbocycles. The van der Waals surface area contributed by atoms with Gasteiger partial charge in [0.25, 0.3) is 0 Å². The average molecular weight is 770 g/mol. The van der Waals surface area contributed by atoms with E-state index in [1.165, 1.54) is 96.3 Å². The average Bonchev–Trinajstić information content (AvgIpc) is 3.14. The Morgan fingerprint density at radius 2 is 1.23 bits per heavy atom. The van der Waals surface area contributed by atoms with E-state index >= 15 is 0 Å². The first-order valence-electron chi connectivity index (χ1n) is 21.2. The zero-order chi connectivity index (χ0) is 38.9. The molecule has 0 aromatic carbocycles. The number of esters is 1. The summed E-state index contributed by atoms with van der Waals surface area (Å²) in [4.78, 5) is 22.4. The van der Waals surface area contributed by atoms with Gasteiger partial charge in [-0.15, -0.1) is 0 Å². The van der Waals surface area contributed by atoms with Crippen LogP contribution in [-0.4, -0.2) is 61.1 Å². The molecule has 0 saturated heterocycles. The Morgan fingerprint density at radius 3 is 1.87 bits per heavy atom. The SMILES string of the molecule is CCCCCCCC/C=C\CCCCCCCCOCC(COP(=O)(O)OCCN)OC(=O)CCC/C=C\C/C=C\C=C/C(O)CCCCCCCC. The van der Waals surface area contributed by atoms with Crippen molar-refractivity contribution in [3.63, 3.8) is 0 Å². The maximum atomic E-state index is 12.5. The quantitative estimate of drug-likeness (QED) is 0.0183. The summed E-state index contributed by atoms with van der Waals surface area (Å²) in [6.07, 6.45) is 43.0. The number of phosphoric acid groups is 1. The van der Waals surface area contributed by atoms with Crippen molar-refractivity contribution in [2.45, 2.75) is 187 Å². The lowest BCUT2D eigenvalue weighted by molar-refractivity contribution is -0.154. The molecule has 0 amide bonds. The van der Waals surface area contributed by atoms with Gasteiger partial charge in [0.2, 0.25) is 0 Å². The normalized spacial score (nSPS) is 14.6. The summed E-state index contributed by atoms with van der Waals surface area (Å²) in [5.74, 6) is -0.409. The summed E-state index contributed by atoms with van der Waals surface area (Å²) in [6, 6.07) is 0. The first kappa shape index (κ1) is 51.4. The Labute approximate surface area is 324 Å². The molecule has 3 unspecified atom stereocenters. The summed E-state index contributed by atoms with van der Waals surface area (Å²) in [6.45, 7) is 4.72. The molecule has 310 valence electrons. The van der Waals surface area contributed by atoms with Gasteiger partial charge in [-0.25, -0.2) is 4.57 Å². The van der Waals surface area contributed by atoms with Crippen LogP contribution in [0.5, 0.6) is 0 Å². The lowest BCUT2D eigenvalue weighted by Gasteiger charge is -2.20. The molecule has 9 nitrogen and oxygen atoms in total. The highest BCUT2D eigenvalue weighted by Gasteiger charge is 2.25. The van der Waals surface area contributed by atoms with Crippen molar-refractivity contribution in [2.75, 3.05) is 33.0 Å². The van der Waals surface area contributed by atoms with Crippen LogP contribution in [0.25, 0.3) is 0 Å². The largest absolute Gasteiger partial charge is 0.472 e. The van der Waals surface area contributed by atoms with Gasteiger partial charge >= 0.3 is 13.8 Å². The Balaban J connectivity index is 4.22. The van der Waals surface area contributed by atoms with Crippen LogP contribution in [0.2, 0.25) is 0 Å². The molecule has 0 aromatic heterocycles. The Bertz CT molecular complexity index is 970. The van der Waals surface area contributed by atoms with Crippen molar-refractivity contribution < 1.29 is 37.9 Å². The minimum absolute atomic E-state index is 0.0739. The minimum atomic E-state index is -4.31. The smallest absolute Gasteiger partial charge is 0.457 e. The van der Waals surface area contributed by atoms with Crippen molar-refractivity contribution in [3.05, 3.63) is 48.6 Å². The third-order valence-corrected chi connectivity index (χ3v) is 9.81. The van der Waals surface area contributed by atoms with Crippen LogP contribution in [0.3, 0.4) is 0 Å². The monoisotopic (exact) mass is 770 g/mol. The minimum Gasteiger partial charge on any atom is -0.457 e. The van der Waals surface area contributed by atoms with Gasteiger partial charge < -0.3 is 25.2 Å². The van der Waals surface area contributed by atoms with Gasteiger partial charge in [-0.1, -0.05) is 159 Å². The molecule has 0 rings (SSSR count). The van der Waals surface area contributed by atoms with Crippen molar-refractivity contribution in [1.82, 2.24) is 0 Å². The molecule has 0 radical (unpaired) electrons. The van der Waals surface area contributed by atoms with E-state index in [0.29, 0.717) is 13.0 Å². The Hall–Kier alpha value is -1.58. The number of phosphoric ester groups is 1. The highest BCUT2D eigenvalue weighted by Crippen LogP contribution is 2.43. The standard InChI is InChI=1S/C43H80NO8P/c1-3-5-7-9-11-12-13-14-15-16-17-18-21-24-28-32-37-49-39-42(40-51-53(47,48)50-38-36-44)52-43(46)35-31-27-23-20-19-22-26-30-34-41(45)33-29-25-10-8-6-4-2/h14-15,20,22-23,26,30,34,41-42,45H,3-13,16-19,21,24-25,27-29,31-33,35-40,44H2,1-2H3,(H,47,48)/b15-14-,23-20-,26-22-,34-30-. The van der Waals surface area contributed by atoms with E-state index in [4.69, 9.17) is 24.3 Å². The summed E-state index contributed by atoms with van der Waals surface area (Å²) in [7, 11) is -4.31. The van der Waals surface area contributed by atoms with Crippen molar-refractivity contribution >= 4 is 13.8 Å². The Morgan fingerprint density at radius 1 is 0.660 bits per heavy atom. The number of nitrogens with two attached hydrogens (primary N) is 1. The van der Waals surface area contributed by atoms with E-state index in [1.54, 1.807) is 0 Å². The van der Waals surface area contributed by atoms with Crippen molar-refractivity contribution in [2.24, 2.45) is 5.73 Å². The maximum absolute atomic E-state index is 12.5. The second-order valence-electron chi connectivity index (χ2n) is 14.0. The van der Waals surface area contributed by atoms with Crippen LogP contribution < -0.4 is 5.73 Å². The molecule has 0 aromatic rings. The second-order valence-corrected chi connectivity index (χ2v) is 15.5. The van der Waals surface area contributed by atoms with Crippen LogP contribution in [0.15, 0.2) is 48.6 Å². The molecule has 53 heavy (non-hydrogen) atoms. The number of allylic oxidation sites excluding steroid dienone is 7. The predicted molar refractivity (Wildman–Crippen MR) is 221 cm³/mol.